The van der Waals surface area contributed by atoms with Crippen LogP contribution in [0.2, 0.25) is 0 Å². The number of likely N-dealkylation sites (tertiary alicyclic amines) is 1. The van der Waals surface area contributed by atoms with Crippen molar-refractivity contribution >= 4 is 28.0 Å². The van der Waals surface area contributed by atoms with Crippen LogP contribution in [0.4, 0.5) is 0 Å². The van der Waals surface area contributed by atoms with Gasteiger partial charge in [0.25, 0.3) is 5.91 Å². The van der Waals surface area contributed by atoms with Crippen molar-refractivity contribution in [2.24, 2.45) is 0 Å². The molecule has 1 saturated heterocycles. The largest absolute Gasteiger partial charge is 0.346 e. The lowest BCUT2D eigenvalue weighted by Gasteiger charge is -2.24. The van der Waals surface area contributed by atoms with Gasteiger partial charge >= 0.3 is 0 Å². The molecular formula is C21H23N2OS+. The van der Waals surface area contributed by atoms with Crippen molar-refractivity contribution in [3.8, 4) is 0 Å². The molecule has 0 aliphatic carbocycles. The van der Waals surface area contributed by atoms with E-state index in [0.29, 0.717) is 12.6 Å². The van der Waals surface area contributed by atoms with E-state index in [2.05, 4.69) is 35.0 Å². The van der Waals surface area contributed by atoms with E-state index in [1.54, 1.807) is 16.2 Å². The van der Waals surface area contributed by atoms with Crippen molar-refractivity contribution in [2.45, 2.75) is 18.9 Å². The van der Waals surface area contributed by atoms with E-state index in [4.69, 9.17) is 0 Å². The van der Waals surface area contributed by atoms with E-state index in [0.717, 1.165) is 16.3 Å². The third-order valence-corrected chi connectivity index (χ3v) is 6.09. The molecule has 4 heteroatoms. The molecule has 0 bridgehead atoms. The van der Waals surface area contributed by atoms with Crippen molar-refractivity contribution < 1.29 is 9.69 Å². The van der Waals surface area contributed by atoms with Crippen LogP contribution in [0.3, 0.4) is 0 Å². The SMILES string of the molecule is O=C(NC[C@@H](c1cccs1)[NH+]1CCCC1)c1ccc2ccccc2c1. The number of hydrogen-bond acceptors (Lipinski definition) is 2. The Balaban J connectivity index is 1.48. The molecule has 1 fully saturated rings. The maximum Gasteiger partial charge on any atom is 0.251 e. The molecule has 1 atom stereocenters. The number of amides is 1. The van der Waals surface area contributed by atoms with Gasteiger partial charge in [-0.3, -0.25) is 4.79 Å². The summed E-state index contributed by atoms with van der Waals surface area (Å²) in [4.78, 5) is 15.6. The number of thiophene rings is 1. The van der Waals surface area contributed by atoms with Gasteiger partial charge in [-0.15, -0.1) is 11.3 Å². The Morgan fingerprint density at radius 1 is 1.04 bits per heavy atom. The van der Waals surface area contributed by atoms with Crippen LogP contribution in [0.1, 0.15) is 34.1 Å². The zero-order valence-corrected chi connectivity index (χ0v) is 15.0. The number of nitrogens with one attached hydrogen (secondary N) is 2. The fraction of sp³-hybridized carbons (Fsp3) is 0.286. The minimum Gasteiger partial charge on any atom is -0.346 e. The quantitative estimate of drug-likeness (QED) is 0.728. The summed E-state index contributed by atoms with van der Waals surface area (Å²) in [6.07, 6.45) is 2.58. The lowest BCUT2D eigenvalue weighted by atomic mass is 10.1. The van der Waals surface area contributed by atoms with Gasteiger partial charge in [-0.2, -0.15) is 0 Å². The lowest BCUT2D eigenvalue weighted by molar-refractivity contribution is -0.918. The van der Waals surface area contributed by atoms with Crippen LogP contribution < -0.4 is 10.2 Å². The average molecular weight is 351 g/mol. The maximum absolute atomic E-state index is 12.7. The van der Waals surface area contributed by atoms with Crippen LogP contribution in [0.5, 0.6) is 0 Å². The highest BCUT2D eigenvalue weighted by atomic mass is 32.1. The molecule has 25 heavy (non-hydrogen) atoms. The first kappa shape index (κ1) is 16.3. The first-order valence-electron chi connectivity index (χ1n) is 8.96. The minimum absolute atomic E-state index is 0.0194. The monoisotopic (exact) mass is 351 g/mol. The molecule has 2 aromatic carbocycles. The van der Waals surface area contributed by atoms with Crippen LogP contribution in [0.15, 0.2) is 60.0 Å². The summed E-state index contributed by atoms with van der Waals surface area (Å²) < 4.78 is 0. The molecule has 3 nitrogen and oxygen atoms in total. The number of fused-ring (bicyclic) bond motifs is 1. The zero-order valence-electron chi connectivity index (χ0n) is 14.2. The van der Waals surface area contributed by atoms with Gasteiger partial charge in [0.05, 0.1) is 24.5 Å². The summed E-state index contributed by atoms with van der Waals surface area (Å²) >= 11 is 1.80. The summed E-state index contributed by atoms with van der Waals surface area (Å²) in [6, 6.07) is 18.7. The third-order valence-electron chi connectivity index (χ3n) is 5.10. The van der Waals surface area contributed by atoms with Crippen molar-refractivity contribution in [1.29, 1.82) is 0 Å². The number of carbonyl (C=O) groups excluding carboxylic acids is 1. The molecule has 4 rings (SSSR count). The fourth-order valence-electron chi connectivity index (χ4n) is 3.74. The van der Waals surface area contributed by atoms with Gasteiger partial charge in [-0.05, 0) is 34.4 Å². The Morgan fingerprint density at radius 2 is 1.84 bits per heavy atom. The Bertz CT molecular complexity index is 853. The molecule has 0 unspecified atom stereocenters. The summed E-state index contributed by atoms with van der Waals surface area (Å²) in [7, 11) is 0. The highest BCUT2D eigenvalue weighted by Crippen LogP contribution is 2.18. The first-order valence-corrected chi connectivity index (χ1v) is 9.84. The molecule has 128 valence electrons. The van der Waals surface area contributed by atoms with Gasteiger partial charge in [-0.25, -0.2) is 0 Å². The maximum atomic E-state index is 12.7. The Kier molecular flexibility index (Phi) is 4.81. The predicted octanol–water partition coefficient (Wildman–Crippen LogP) is 3.05. The Morgan fingerprint density at radius 3 is 2.60 bits per heavy atom. The van der Waals surface area contributed by atoms with Gasteiger partial charge < -0.3 is 10.2 Å². The number of hydrogen-bond donors (Lipinski definition) is 2. The van der Waals surface area contributed by atoms with Crippen LogP contribution in [0.25, 0.3) is 10.8 Å². The van der Waals surface area contributed by atoms with Crippen molar-refractivity contribution in [1.82, 2.24) is 5.32 Å². The van der Waals surface area contributed by atoms with E-state index in [1.165, 1.54) is 30.8 Å². The molecule has 2 N–H and O–H groups in total. The molecule has 1 aliphatic heterocycles. The molecule has 1 aromatic heterocycles. The highest BCUT2D eigenvalue weighted by molar-refractivity contribution is 7.10. The minimum atomic E-state index is 0.0194. The second kappa shape index (κ2) is 7.38. The summed E-state index contributed by atoms with van der Waals surface area (Å²) in [6.45, 7) is 3.10. The average Bonchev–Trinajstić information content (AvgIpc) is 3.36. The lowest BCUT2D eigenvalue weighted by Crippen LogP contribution is -3.11. The summed E-state index contributed by atoms with van der Waals surface area (Å²) in [5.74, 6) is 0.0194. The molecular weight excluding hydrogens is 328 g/mol. The third kappa shape index (κ3) is 3.60. The number of quaternary nitrogens is 1. The van der Waals surface area contributed by atoms with Gasteiger partial charge in [0, 0.05) is 18.4 Å². The van der Waals surface area contributed by atoms with Crippen LogP contribution in [0, 0.1) is 0 Å². The van der Waals surface area contributed by atoms with Crippen molar-refractivity contribution in [2.75, 3.05) is 19.6 Å². The second-order valence-electron chi connectivity index (χ2n) is 6.71. The molecule has 1 aliphatic rings. The van der Waals surface area contributed by atoms with Gasteiger partial charge in [-0.1, -0.05) is 36.4 Å². The number of rotatable bonds is 5. The van der Waals surface area contributed by atoms with Gasteiger partial charge in [0.2, 0.25) is 0 Å². The summed E-state index contributed by atoms with van der Waals surface area (Å²) in [5, 5.41) is 7.57. The predicted molar refractivity (Wildman–Crippen MR) is 103 cm³/mol. The number of benzene rings is 2. The van der Waals surface area contributed by atoms with Gasteiger partial charge in [0.15, 0.2) is 0 Å². The van der Waals surface area contributed by atoms with Crippen molar-refractivity contribution in [3.05, 3.63) is 70.4 Å². The van der Waals surface area contributed by atoms with Crippen LogP contribution in [-0.2, 0) is 0 Å². The normalized spacial score (nSPS) is 16.2. The van der Waals surface area contributed by atoms with E-state index in [1.807, 2.05) is 30.3 Å². The first-order chi connectivity index (χ1) is 12.3. The topological polar surface area (TPSA) is 33.5 Å². The molecule has 0 spiro atoms. The van der Waals surface area contributed by atoms with Crippen LogP contribution in [-0.4, -0.2) is 25.5 Å². The smallest absolute Gasteiger partial charge is 0.251 e. The standard InChI is InChI=1S/C21H22N2OS/c24-21(18-10-9-16-6-1-2-7-17(16)14-18)22-15-19(20-8-5-13-25-20)23-11-3-4-12-23/h1-2,5-10,13-14,19H,3-4,11-12,15H2,(H,22,24)/p+1/t19-/m0/s1. The van der Waals surface area contributed by atoms with Crippen LogP contribution >= 0.6 is 11.3 Å². The molecule has 0 radical (unpaired) electrons. The molecule has 0 saturated carbocycles. The second-order valence-corrected chi connectivity index (χ2v) is 7.68. The van der Waals surface area contributed by atoms with E-state index < -0.39 is 0 Å². The Labute approximate surface area is 152 Å². The van der Waals surface area contributed by atoms with E-state index in [9.17, 15) is 4.79 Å². The fourth-order valence-corrected chi connectivity index (χ4v) is 4.63. The molecule has 3 aromatic rings. The van der Waals surface area contributed by atoms with E-state index in [-0.39, 0.29) is 5.91 Å². The molecule has 2 heterocycles. The molecule has 1 amide bonds. The summed E-state index contributed by atoms with van der Waals surface area (Å²) in [5.41, 5.74) is 0.736. The highest BCUT2D eigenvalue weighted by Gasteiger charge is 2.28. The Hall–Kier alpha value is -2.17. The van der Waals surface area contributed by atoms with E-state index >= 15 is 0 Å². The number of carbonyl (C=O) groups is 1. The van der Waals surface area contributed by atoms with Gasteiger partial charge in [0.1, 0.15) is 6.04 Å². The zero-order chi connectivity index (χ0) is 17.1. The van der Waals surface area contributed by atoms with Crippen molar-refractivity contribution in [3.63, 3.8) is 0 Å².